The number of H-pyrrole nitrogens is 1. The van der Waals surface area contributed by atoms with Crippen LogP contribution in [0.1, 0.15) is 0 Å². The number of benzene rings is 1. The Kier molecular flexibility index (Phi) is 2.03. The highest BCUT2D eigenvalue weighted by Crippen LogP contribution is 2.39. The number of hydrogen-bond acceptors (Lipinski definition) is 4. The summed E-state index contributed by atoms with van der Waals surface area (Å²) in [6.45, 7) is 0. The molecule has 1 heterocycles. The van der Waals surface area contributed by atoms with Crippen LogP contribution in [-0.2, 0) is 0 Å². The molecule has 1 aromatic heterocycles. The topological polar surface area (TPSA) is 74.7 Å². The summed E-state index contributed by atoms with van der Waals surface area (Å²) >= 11 is 0. The summed E-state index contributed by atoms with van der Waals surface area (Å²) in [4.78, 5) is 12.9. The molecule has 78 valence electrons. The van der Waals surface area contributed by atoms with Crippen molar-refractivity contribution in [1.29, 1.82) is 0 Å². The Bertz CT molecular complexity index is 536. The van der Waals surface area contributed by atoms with E-state index >= 15 is 0 Å². The average Bonchev–Trinajstić information content (AvgIpc) is 2.53. The molecule has 0 aliphatic rings. The largest absolute Gasteiger partial charge is 0.493 e. The first-order valence-corrected chi connectivity index (χ1v) is 4.09. The fraction of sp³-hybridized carbons (Fsp3) is 0.111. The number of nitrogens with one attached hydrogen (secondary N) is 1. The van der Waals surface area contributed by atoms with Gasteiger partial charge in [0.1, 0.15) is 0 Å². The van der Waals surface area contributed by atoms with Crippen LogP contribution in [0.2, 0.25) is 0 Å². The molecule has 0 radical (unpaired) electrons. The Hall–Kier alpha value is -2.11. The van der Waals surface area contributed by atoms with Gasteiger partial charge in [-0.1, -0.05) is 0 Å². The summed E-state index contributed by atoms with van der Waals surface area (Å²) in [6, 6.07) is 2.49. The Morgan fingerprint density at radius 1 is 1.53 bits per heavy atom. The van der Waals surface area contributed by atoms with Gasteiger partial charge in [0.05, 0.1) is 12.6 Å². The molecule has 5 nitrogen and oxygen atoms in total. The van der Waals surface area contributed by atoms with Crippen LogP contribution in [0.3, 0.4) is 0 Å². The predicted octanol–water partition coefficient (Wildman–Crippen LogP) is 2.42. The molecule has 0 aliphatic heterocycles. The van der Waals surface area contributed by atoms with E-state index in [9.17, 15) is 14.4 Å². The first-order chi connectivity index (χ1) is 7.19. The standard InChI is InChI=1S/C9H7FN2O3/c1-15-8-5(10)3-2-4-6(8)11-9(13)7(4)12-14/h2-3,11,13H,1H3. The van der Waals surface area contributed by atoms with Crippen molar-refractivity contribution in [2.75, 3.05) is 7.11 Å². The van der Waals surface area contributed by atoms with Crippen LogP contribution in [0.15, 0.2) is 17.3 Å². The molecule has 0 saturated heterocycles. The fourth-order valence-corrected chi connectivity index (χ4v) is 1.48. The summed E-state index contributed by atoms with van der Waals surface area (Å²) in [5, 5.41) is 12.3. The lowest BCUT2D eigenvalue weighted by Gasteiger charge is -2.01. The van der Waals surface area contributed by atoms with Gasteiger partial charge in [0, 0.05) is 5.39 Å². The minimum absolute atomic E-state index is 0.0577. The fourth-order valence-electron chi connectivity index (χ4n) is 1.48. The van der Waals surface area contributed by atoms with Crippen LogP contribution >= 0.6 is 0 Å². The maximum Gasteiger partial charge on any atom is 0.219 e. The molecule has 0 spiro atoms. The summed E-state index contributed by atoms with van der Waals surface area (Å²) in [5.41, 5.74) is 0.0629. The van der Waals surface area contributed by atoms with Gasteiger partial charge in [0.25, 0.3) is 0 Å². The Labute approximate surface area is 83.5 Å². The highest BCUT2D eigenvalue weighted by atomic mass is 19.1. The number of hydrogen-bond donors (Lipinski definition) is 2. The zero-order chi connectivity index (χ0) is 11.0. The van der Waals surface area contributed by atoms with Gasteiger partial charge in [-0.3, -0.25) is 0 Å². The molecular weight excluding hydrogens is 203 g/mol. The molecule has 0 atom stereocenters. The van der Waals surface area contributed by atoms with E-state index in [4.69, 9.17) is 4.74 Å². The highest BCUT2D eigenvalue weighted by molar-refractivity contribution is 5.97. The van der Waals surface area contributed by atoms with Gasteiger partial charge in [-0.15, -0.1) is 4.91 Å². The van der Waals surface area contributed by atoms with Crippen molar-refractivity contribution in [3.63, 3.8) is 0 Å². The van der Waals surface area contributed by atoms with Crippen LogP contribution in [0.5, 0.6) is 11.6 Å². The molecule has 2 aromatic rings. The third-order valence-corrected chi connectivity index (χ3v) is 2.13. The third-order valence-electron chi connectivity index (χ3n) is 2.13. The van der Waals surface area contributed by atoms with Crippen molar-refractivity contribution in [2.45, 2.75) is 0 Å². The first kappa shape index (κ1) is 9.45. The van der Waals surface area contributed by atoms with Crippen molar-refractivity contribution >= 4 is 16.6 Å². The number of methoxy groups -OCH3 is 1. The number of aromatic nitrogens is 1. The van der Waals surface area contributed by atoms with E-state index in [0.717, 1.165) is 6.07 Å². The molecule has 0 unspecified atom stereocenters. The molecule has 0 amide bonds. The minimum Gasteiger partial charge on any atom is -0.493 e. The van der Waals surface area contributed by atoms with E-state index in [-0.39, 0.29) is 17.0 Å². The number of nitroso groups, excluding NO2 is 1. The summed E-state index contributed by atoms with van der Waals surface area (Å²) in [7, 11) is 1.30. The molecule has 0 aliphatic carbocycles. The number of ether oxygens (including phenoxy) is 1. The van der Waals surface area contributed by atoms with Gasteiger partial charge in [-0.2, -0.15) is 0 Å². The Morgan fingerprint density at radius 2 is 2.27 bits per heavy atom. The number of fused-ring (bicyclic) bond motifs is 1. The Balaban J connectivity index is 2.89. The quantitative estimate of drug-likeness (QED) is 0.747. The normalized spacial score (nSPS) is 10.5. The summed E-state index contributed by atoms with van der Waals surface area (Å²) in [5.74, 6) is -1.04. The number of aromatic amines is 1. The lowest BCUT2D eigenvalue weighted by Crippen LogP contribution is -1.88. The molecule has 1 aromatic carbocycles. The second kappa shape index (κ2) is 3.23. The smallest absolute Gasteiger partial charge is 0.219 e. The van der Waals surface area contributed by atoms with Crippen LogP contribution in [0.4, 0.5) is 10.1 Å². The molecular formula is C9H7FN2O3. The second-order valence-corrected chi connectivity index (χ2v) is 2.92. The first-order valence-electron chi connectivity index (χ1n) is 4.09. The predicted molar refractivity (Wildman–Crippen MR) is 51.9 cm³/mol. The summed E-state index contributed by atoms with van der Waals surface area (Å²) < 4.78 is 18.0. The van der Waals surface area contributed by atoms with Crippen molar-refractivity contribution in [1.82, 2.24) is 4.98 Å². The van der Waals surface area contributed by atoms with Crippen molar-refractivity contribution in [3.05, 3.63) is 22.9 Å². The van der Waals surface area contributed by atoms with Crippen LogP contribution in [-0.4, -0.2) is 17.2 Å². The molecule has 2 rings (SSSR count). The van der Waals surface area contributed by atoms with E-state index in [1.54, 1.807) is 0 Å². The van der Waals surface area contributed by atoms with E-state index in [2.05, 4.69) is 10.2 Å². The monoisotopic (exact) mass is 210 g/mol. The molecule has 0 bridgehead atoms. The van der Waals surface area contributed by atoms with Crippen LogP contribution in [0, 0.1) is 10.7 Å². The number of halogens is 1. The van der Waals surface area contributed by atoms with Crippen molar-refractivity contribution < 1.29 is 14.2 Å². The number of rotatable bonds is 2. The Morgan fingerprint density at radius 3 is 2.87 bits per heavy atom. The SMILES string of the molecule is COc1c(F)ccc2c(N=O)c(O)[nH]c12. The van der Waals surface area contributed by atoms with Gasteiger partial charge in [-0.05, 0) is 17.3 Å². The van der Waals surface area contributed by atoms with E-state index in [1.165, 1.54) is 13.2 Å². The van der Waals surface area contributed by atoms with Crippen LogP contribution < -0.4 is 4.74 Å². The maximum atomic E-state index is 13.2. The zero-order valence-electron chi connectivity index (χ0n) is 7.74. The molecule has 0 fully saturated rings. The van der Waals surface area contributed by atoms with Gasteiger partial charge < -0.3 is 14.8 Å². The maximum absolute atomic E-state index is 13.2. The van der Waals surface area contributed by atoms with Gasteiger partial charge in [-0.25, -0.2) is 4.39 Å². The third kappa shape index (κ3) is 1.22. The molecule has 6 heteroatoms. The van der Waals surface area contributed by atoms with Crippen molar-refractivity contribution in [3.8, 4) is 11.6 Å². The molecule has 0 saturated carbocycles. The van der Waals surface area contributed by atoms with Crippen molar-refractivity contribution in [2.24, 2.45) is 5.18 Å². The second-order valence-electron chi connectivity index (χ2n) is 2.92. The van der Waals surface area contributed by atoms with Gasteiger partial charge in [0.15, 0.2) is 17.3 Å². The lowest BCUT2D eigenvalue weighted by molar-refractivity contribution is 0.390. The number of nitrogens with zero attached hydrogens (tertiary/aromatic N) is 1. The minimum atomic E-state index is -0.580. The summed E-state index contributed by atoms with van der Waals surface area (Å²) in [6.07, 6.45) is 0. The van der Waals surface area contributed by atoms with Gasteiger partial charge >= 0.3 is 0 Å². The average molecular weight is 210 g/mol. The highest BCUT2D eigenvalue weighted by Gasteiger charge is 2.17. The zero-order valence-corrected chi connectivity index (χ0v) is 7.74. The van der Waals surface area contributed by atoms with Gasteiger partial charge in [0.2, 0.25) is 5.88 Å². The van der Waals surface area contributed by atoms with E-state index in [0.29, 0.717) is 5.39 Å². The van der Waals surface area contributed by atoms with E-state index in [1.807, 2.05) is 0 Å². The molecule has 2 N–H and O–H groups in total. The molecule has 15 heavy (non-hydrogen) atoms. The van der Waals surface area contributed by atoms with Crippen LogP contribution in [0.25, 0.3) is 10.9 Å². The van der Waals surface area contributed by atoms with E-state index < -0.39 is 11.7 Å². The lowest BCUT2D eigenvalue weighted by atomic mass is 10.2. The number of aromatic hydroxyl groups is 1.